The highest BCUT2D eigenvalue weighted by Crippen LogP contribution is 2.18. The lowest BCUT2D eigenvalue weighted by molar-refractivity contribution is 0.321. The van der Waals surface area contributed by atoms with Crippen molar-refractivity contribution in [2.45, 2.75) is 13.3 Å². The van der Waals surface area contributed by atoms with Crippen LogP contribution in [0.2, 0.25) is 0 Å². The number of benzene rings is 1. The first-order valence-corrected chi connectivity index (χ1v) is 6.62. The molecule has 0 saturated carbocycles. The van der Waals surface area contributed by atoms with Crippen LogP contribution in [0, 0.1) is 11.7 Å². The lowest BCUT2D eigenvalue weighted by atomic mass is 10.0. The van der Waals surface area contributed by atoms with Gasteiger partial charge in [-0.1, -0.05) is 6.07 Å². The maximum Gasteiger partial charge on any atom is 0.165 e. The Labute approximate surface area is 108 Å². The quantitative estimate of drug-likeness (QED) is 0.723. The predicted octanol–water partition coefficient (Wildman–Crippen LogP) is 1.58. The second kappa shape index (κ2) is 6.71. The highest BCUT2D eigenvalue weighted by molar-refractivity contribution is 5.29. The van der Waals surface area contributed by atoms with Gasteiger partial charge in [0.05, 0.1) is 6.61 Å². The highest BCUT2D eigenvalue weighted by Gasteiger charge is 2.15. The van der Waals surface area contributed by atoms with Crippen LogP contribution in [0.4, 0.5) is 4.39 Å². The van der Waals surface area contributed by atoms with Crippen LogP contribution in [-0.2, 0) is 6.42 Å². The number of hydrogen-bond donors (Lipinski definition) is 2. The van der Waals surface area contributed by atoms with E-state index in [1.807, 2.05) is 13.0 Å². The van der Waals surface area contributed by atoms with Crippen LogP contribution in [0.25, 0.3) is 0 Å². The van der Waals surface area contributed by atoms with Gasteiger partial charge in [0, 0.05) is 19.6 Å². The summed E-state index contributed by atoms with van der Waals surface area (Å²) in [6.07, 6.45) is 0.851. The highest BCUT2D eigenvalue weighted by atomic mass is 19.1. The molecule has 1 saturated heterocycles. The number of hydrogen-bond acceptors (Lipinski definition) is 3. The van der Waals surface area contributed by atoms with Gasteiger partial charge in [0.25, 0.3) is 0 Å². The molecule has 4 heteroatoms. The fourth-order valence-corrected chi connectivity index (χ4v) is 2.00. The van der Waals surface area contributed by atoms with E-state index >= 15 is 0 Å². The molecule has 1 aliphatic heterocycles. The van der Waals surface area contributed by atoms with E-state index in [4.69, 9.17) is 4.74 Å². The monoisotopic (exact) mass is 252 g/mol. The number of ether oxygens (including phenoxy) is 1. The smallest absolute Gasteiger partial charge is 0.165 e. The van der Waals surface area contributed by atoms with Gasteiger partial charge in [-0.25, -0.2) is 4.39 Å². The normalized spacial score (nSPS) is 15.4. The van der Waals surface area contributed by atoms with Gasteiger partial charge in [0.15, 0.2) is 11.6 Å². The SMILES string of the molecule is CCOc1ccc(CCNCC2CNC2)cc1F. The van der Waals surface area contributed by atoms with Crippen molar-refractivity contribution < 1.29 is 9.13 Å². The molecule has 18 heavy (non-hydrogen) atoms. The molecule has 0 aliphatic carbocycles. The molecule has 0 radical (unpaired) electrons. The lowest BCUT2D eigenvalue weighted by Crippen LogP contribution is -2.47. The third kappa shape index (κ3) is 3.68. The summed E-state index contributed by atoms with van der Waals surface area (Å²) in [6.45, 7) is 6.52. The second-order valence-corrected chi connectivity index (χ2v) is 4.68. The lowest BCUT2D eigenvalue weighted by Gasteiger charge is -2.27. The average Bonchev–Trinajstić information content (AvgIpc) is 2.30. The summed E-state index contributed by atoms with van der Waals surface area (Å²) < 4.78 is 18.8. The molecule has 0 bridgehead atoms. The topological polar surface area (TPSA) is 33.3 Å². The second-order valence-electron chi connectivity index (χ2n) is 4.68. The molecule has 0 amide bonds. The Morgan fingerprint density at radius 1 is 1.44 bits per heavy atom. The van der Waals surface area contributed by atoms with Gasteiger partial charge >= 0.3 is 0 Å². The minimum Gasteiger partial charge on any atom is -0.491 e. The first kappa shape index (κ1) is 13.3. The van der Waals surface area contributed by atoms with Gasteiger partial charge < -0.3 is 15.4 Å². The molecule has 0 spiro atoms. The number of nitrogens with one attached hydrogen (secondary N) is 2. The van der Waals surface area contributed by atoms with E-state index in [1.54, 1.807) is 12.1 Å². The van der Waals surface area contributed by atoms with Gasteiger partial charge in [-0.05, 0) is 43.5 Å². The molecule has 1 aromatic rings. The summed E-state index contributed by atoms with van der Waals surface area (Å²) in [6, 6.07) is 5.21. The summed E-state index contributed by atoms with van der Waals surface area (Å²) in [5, 5.41) is 6.64. The van der Waals surface area contributed by atoms with E-state index < -0.39 is 0 Å². The van der Waals surface area contributed by atoms with E-state index in [9.17, 15) is 4.39 Å². The number of halogens is 1. The van der Waals surface area contributed by atoms with Gasteiger partial charge in [0.2, 0.25) is 0 Å². The van der Waals surface area contributed by atoms with Crippen LogP contribution in [0.5, 0.6) is 5.75 Å². The van der Waals surface area contributed by atoms with Crippen molar-refractivity contribution in [3.05, 3.63) is 29.6 Å². The predicted molar refractivity (Wildman–Crippen MR) is 70.5 cm³/mol. The van der Waals surface area contributed by atoms with Crippen LogP contribution >= 0.6 is 0 Å². The van der Waals surface area contributed by atoms with Gasteiger partial charge in [-0.2, -0.15) is 0 Å². The molecular formula is C14H21FN2O. The van der Waals surface area contributed by atoms with Crippen LogP contribution in [-0.4, -0.2) is 32.8 Å². The van der Waals surface area contributed by atoms with Crippen molar-refractivity contribution in [3.63, 3.8) is 0 Å². The summed E-state index contributed by atoms with van der Waals surface area (Å²) in [4.78, 5) is 0. The van der Waals surface area contributed by atoms with E-state index in [0.29, 0.717) is 12.4 Å². The van der Waals surface area contributed by atoms with Gasteiger partial charge in [-0.15, -0.1) is 0 Å². The van der Waals surface area contributed by atoms with Crippen LogP contribution in [0.3, 0.4) is 0 Å². The first-order chi connectivity index (χ1) is 8.79. The zero-order valence-electron chi connectivity index (χ0n) is 10.8. The maximum atomic E-state index is 13.6. The standard InChI is InChI=1S/C14H21FN2O/c1-2-18-14-4-3-11(7-13(14)15)5-6-16-8-12-9-17-10-12/h3-4,7,12,16-17H,2,5-6,8-10H2,1H3. The molecule has 1 fully saturated rings. The van der Waals surface area contributed by atoms with Gasteiger partial charge in [0.1, 0.15) is 0 Å². The first-order valence-electron chi connectivity index (χ1n) is 6.62. The number of rotatable bonds is 7. The molecule has 1 heterocycles. The largest absolute Gasteiger partial charge is 0.491 e. The molecule has 1 aromatic carbocycles. The minimum atomic E-state index is -0.266. The Morgan fingerprint density at radius 2 is 2.28 bits per heavy atom. The molecule has 3 nitrogen and oxygen atoms in total. The van der Waals surface area contributed by atoms with Gasteiger partial charge in [-0.3, -0.25) is 0 Å². The van der Waals surface area contributed by atoms with Crippen LogP contribution in [0.1, 0.15) is 12.5 Å². The summed E-state index contributed by atoms with van der Waals surface area (Å²) in [7, 11) is 0. The molecule has 0 unspecified atom stereocenters. The van der Waals surface area contributed by atoms with Crippen molar-refractivity contribution in [2.24, 2.45) is 5.92 Å². The Morgan fingerprint density at radius 3 is 2.89 bits per heavy atom. The Hall–Kier alpha value is -1.13. The summed E-state index contributed by atoms with van der Waals surface area (Å²) in [5.74, 6) is 0.842. The Kier molecular flexibility index (Phi) is 4.96. The van der Waals surface area contributed by atoms with Crippen molar-refractivity contribution >= 4 is 0 Å². The maximum absolute atomic E-state index is 13.6. The molecule has 0 aromatic heterocycles. The zero-order valence-corrected chi connectivity index (χ0v) is 10.8. The minimum absolute atomic E-state index is 0.266. The molecular weight excluding hydrogens is 231 g/mol. The molecule has 2 rings (SSSR count). The summed E-state index contributed by atoms with van der Waals surface area (Å²) in [5.41, 5.74) is 1.01. The van der Waals surface area contributed by atoms with Crippen molar-refractivity contribution in [1.29, 1.82) is 0 Å². The van der Waals surface area contributed by atoms with E-state index in [0.717, 1.165) is 44.1 Å². The molecule has 1 aliphatic rings. The average molecular weight is 252 g/mol. The fraction of sp³-hybridized carbons (Fsp3) is 0.571. The fourth-order valence-electron chi connectivity index (χ4n) is 2.00. The van der Waals surface area contributed by atoms with Crippen molar-refractivity contribution in [2.75, 3.05) is 32.8 Å². The zero-order chi connectivity index (χ0) is 12.8. The summed E-state index contributed by atoms with van der Waals surface area (Å²) >= 11 is 0. The molecule has 0 atom stereocenters. The van der Waals surface area contributed by atoms with Crippen LogP contribution < -0.4 is 15.4 Å². The Balaban J connectivity index is 1.73. The Bertz CT molecular complexity index is 380. The molecule has 100 valence electrons. The third-order valence-corrected chi connectivity index (χ3v) is 3.19. The third-order valence-electron chi connectivity index (χ3n) is 3.19. The van der Waals surface area contributed by atoms with Crippen LogP contribution in [0.15, 0.2) is 18.2 Å². The van der Waals surface area contributed by atoms with Crippen molar-refractivity contribution in [1.82, 2.24) is 10.6 Å². The van der Waals surface area contributed by atoms with E-state index in [-0.39, 0.29) is 5.82 Å². The van der Waals surface area contributed by atoms with Crippen molar-refractivity contribution in [3.8, 4) is 5.75 Å². The van der Waals surface area contributed by atoms with E-state index in [1.165, 1.54) is 0 Å². The van der Waals surface area contributed by atoms with E-state index in [2.05, 4.69) is 10.6 Å². The molecule has 2 N–H and O–H groups in total.